The SMILES string of the molecule is CCCNC(=O)C(C)NC(=O)c1nnc(NC)s1. The molecule has 0 aromatic carbocycles. The molecule has 1 unspecified atom stereocenters. The van der Waals surface area contributed by atoms with Crippen LogP contribution in [0.1, 0.15) is 30.1 Å². The van der Waals surface area contributed by atoms with Gasteiger partial charge in [0.05, 0.1) is 0 Å². The molecule has 0 aliphatic rings. The Labute approximate surface area is 109 Å². The Morgan fingerprint density at radius 3 is 2.67 bits per heavy atom. The standard InChI is InChI=1S/C10H17N5O2S/c1-4-5-12-7(16)6(2)13-8(17)9-14-15-10(11-3)18-9/h6H,4-5H2,1-3H3,(H,11,15)(H,12,16)(H,13,17). The molecule has 0 aliphatic heterocycles. The second kappa shape index (κ2) is 6.90. The number of aromatic nitrogens is 2. The zero-order valence-corrected chi connectivity index (χ0v) is 11.4. The topological polar surface area (TPSA) is 96.0 Å². The highest BCUT2D eigenvalue weighted by molar-refractivity contribution is 7.17. The normalized spacial score (nSPS) is 11.7. The summed E-state index contributed by atoms with van der Waals surface area (Å²) in [6.45, 7) is 4.19. The summed E-state index contributed by atoms with van der Waals surface area (Å²) in [6, 6.07) is -0.592. The predicted octanol–water partition coefficient (Wildman–Crippen LogP) is 0.224. The molecule has 18 heavy (non-hydrogen) atoms. The van der Waals surface area contributed by atoms with Crippen molar-refractivity contribution >= 4 is 28.3 Å². The summed E-state index contributed by atoms with van der Waals surface area (Å²) in [5, 5.41) is 16.3. The number of rotatable bonds is 6. The van der Waals surface area contributed by atoms with Crippen molar-refractivity contribution in [2.75, 3.05) is 18.9 Å². The van der Waals surface area contributed by atoms with Crippen LogP contribution in [-0.4, -0.2) is 41.6 Å². The van der Waals surface area contributed by atoms with E-state index in [0.717, 1.165) is 17.8 Å². The Morgan fingerprint density at radius 2 is 2.11 bits per heavy atom. The van der Waals surface area contributed by atoms with E-state index in [9.17, 15) is 9.59 Å². The Bertz CT molecular complexity index is 420. The molecule has 1 heterocycles. The Kier molecular flexibility index (Phi) is 5.50. The van der Waals surface area contributed by atoms with Gasteiger partial charge in [-0.2, -0.15) is 0 Å². The summed E-state index contributed by atoms with van der Waals surface area (Å²) >= 11 is 1.14. The summed E-state index contributed by atoms with van der Waals surface area (Å²) in [5.41, 5.74) is 0. The zero-order valence-electron chi connectivity index (χ0n) is 10.6. The zero-order chi connectivity index (χ0) is 13.5. The fourth-order valence-electron chi connectivity index (χ4n) is 1.14. The van der Waals surface area contributed by atoms with Crippen molar-refractivity contribution in [3.63, 3.8) is 0 Å². The molecule has 8 heteroatoms. The summed E-state index contributed by atoms with van der Waals surface area (Å²) in [5.74, 6) is -0.600. The number of nitrogens with zero attached hydrogens (tertiary/aromatic N) is 2. The average Bonchev–Trinajstić information content (AvgIpc) is 2.84. The highest BCUT2D eigenvalue weighted by Gasteiger charge is 2.18. The van der Waals surface area contributed by atoms with Gasteiger partial charge in [0.25, 0.3) is 5.91 Å². The Balaban J connectivity index is 2.51. The number of hydrogen-bond donors (Lipinski definition) is 3. The van der Waals surface area contributed by atoms with Crippen molar-refractivity contribution in [1.82, 2.24) is 20.8 Å². The van der Waals surface area contributed by atoms with Crippen molar-refractivity contribution in [1.29, 1.82) is 0 Å². The van der Waals surface area contributed by atoms with Crippen molar-refractivity contribution in [3.8, 4) is 0 Å². The third kappa shape index (κ3) is 3.95. The monoisotopic (exact) mass is 271 g/mol. The molecule has 0 spiro atoms. The van der Waals surface area contributed by atoms with Crippen LogP contribution in [0.25, 0.3) is 0 Å². The molecule has 3 N–H and O–H groups in total. The molecular weight excluding hydrogens is 254 g/mol. The highest BCUT2D eigenvalue weighted by atomic mass is 32.1. The Hall–Kier alpha value is -1.70. The number of hydrogen-bond acceptors (Lipinski definition) is 6. The minimum Gasteiger partial charge on any atom is -0.363 e. The van der Waals surface area contributed by atoms with E-state index in [-0.39, 0.29) is 10.9 Å². The van der Waals surface area contributed by atoms with E-state index in [1.54, 1.807) is 14.0 Å². The van der Waals surface area contributed by atoms with Gasteiger partial charge in [-0.25, -0.2) is 0 Å². The number of amides is 2. The van der Waals surface area contributed by atoms with Crippen LogP contribution in [0.3, 0.4) is 0 Å². The molecule has 0 saturated carbocycles. The lowest BCUT2D eigenvalue weighted by atomic mass is 10.3. The van der Waals surface area contributed by atoms with Crippen LogP contribution in [0.5, 0.6) is 0 Å². The van der Waals surface area contributed by atoms with E-state index in [0.29, 0.717) is 11.7 Å². The van der Waals surface area contributed by atoms with E-state index in [1.807, 2.05) is 6.92 Å². The summed E-state index contributed by atoms with van der Waals surface area (Å²) in [4.78, 5) is 23.3. The van der Waals surface area contributed by atoms with Gasteiger partial charge in [0.1, 0.15) is 6.04 Å². The van der Waals surface area contributed by atoms with Crippen LogP contribution in [0.2, 0.25) is 0 Å². The maximum Gasteiger partial charge on any atom is 0.282 e. The molecule has 1 rings (SSSR count). The molecule has 0 saturated heterocycles. The summed E-state index contributed by atoms with van der Waals surface area (Å²) in [6.07, 6.45) is 0.855. The van der Waals surface area contributed by atoms with E-state index in [4.69, 9.17) is 0 Å². The first-order valence-corrected chi connectivity index (χ1v) is 6.50. The predicted molar refractivity (Wildman–Crippen MR) is 69.7 cm³/mol. The molecule has 1 aromatic heterocycles. The number of anilines is 1. The number of carbonyl (C=O) groups is 2. The maximum absolute atomic E-state index is 11.8. The third-order valence-corrected chi connectivity index (χ3v) is 3.06. The molecule has 0 aliphatic carbocycles. The van der Waals surface area contributed by atoms with Gasteiger partial charge in [0.15, 0.2) is 0 Å². The van der Waals surface area contributed by atoms with Gasteiger partial charge in [-0.05, 0) is 13.3 Å². The van der Waals surface area contributed by atoms with Crippen molar-refractivity contribution in [2.24, 2.45) is 0 Å². The van der Waals surface area contributed by atoms with Gasteiger partial charge in [0, 0.05) is 13.6 Å². The Morgan fingerprint density at radius 1 is 1.39 bits per heavy atom. The van der Waals surface area contributed by atoms with Crippen molar-refractivity contribution < 1.29 is 9.59 Å². The van der Waals surface area contributed by atoms with Crippen LogP contribution in [0.15, 0.2) is 0 Å². The minimum absolute atomic E-state index is 0.205. The fraction of sp³-hybridized carbons (Fsp3) is 0.600. The molecular formula is C10H17N5O2S. The smallest absolute Gasteiger partial charge is 0.282 e. The first kappa shape index (κ1) is 14.4. The molecule has 0 bridgehead atoms. The van der Waals surface area contributed by atoms with E-state index in [1.165, 1.54) is 0 Å². The maximum atomic E-state index is 11.8. The van der Waals surface area contributed by atoms with E-state index >= 15 is 0 Å². The summed E-state index contributed by atoms with van der Waals surface area (Å²) < 4.78 is 0. The molecule has 100 valence electrons. The molecule has 0 radical (unpaired) electrons. The molecule has 7 nitrogen and oxygen atoms in total. The van der Waals surface area contributed by atoms with Crippen LogP contribution in [-0.2, 0) is 4.79 Å². The fourth-order valence-corrected chi connectivity index (χ4v) is 1.74. The largest absolute Gasteiger partial charge is 0.363 e. The van der Waals surface area contributed by atoms with E-state index < -0.39 is 11.9 Å². The van der Waals surface area contributed by atoms with Crippen LogP contribution in [0.4, 0.5) is 5.13 Å². The third-order valence-electron chi connectivity index (χ3n) is 2.12. The lowest BCUT2D eigenvalue weighted by molar-refractivity contribution is -0.122. The molecule has 2 amide bonds. The first-order chi connectivity index (χ1) is 8.58. The van der Waals surface area contributed by atoms with Crippen LogP contribution < -0.4 is 16.0 Å². The molecule has 1 atom stereocenters. The van der Waals surface area contributed by atoms with E-state index in [2.05, 4.69) is 26.1 Å². The van der Waals surface area contributed by atoms with Gasteiger partial charge in [0.2, 0.25) is 16.0 Å². The molecule has 0 fully saturated rings. The van der Waals surface area contributed by atoms with Crippen LogP contribution >= 0.6 is 11.3 Å². The lowest BCUT2D eigenvalue weighted by Crippen LogP contribution is -2.45. The summed E-state index contributed by atoms with van der Waals surface area (Å²) in [7, 11) is 1.70. The van der Waals surface area contributed by atoms with Gasteiger partial charge in [-0.3, -0.25) is 9.59 Å². The second-order valence-electron chi connectivity index (χ2n) is 3.65. The quantitative estimate of drug-likeness (QED) is 0.688. The van der Waals surface area contributed by atoms with Crippen molar-refractivity contribution in [3.05, 3.63) is 5.01 Å². The number of nitrogens with one attached hydrogen (secondary N) is 3. The van der Waals surface area contributed by atoms with Gasteiger partial charge in [-0.15, -0.1) is 10.2 Å². The number of carbonyl (C=O) groups excluding carboxylic acids is 2. The second-order valence-corrected chi connectivity index (χ2v) is 4.63. The minimum atomic E-state index is -0.592. The molecule has 1 aromatic rings. The van der Waals surface area contributed by atoms with Gasteiger partial charge in [-0.1, -0.05) is 18.3 Å². The average molecular weight is 271 g/mol. The first-order valence-electron chi connectivity index (χ1n) is 5.68. The van der Waals surface area contributed by atoms with Gasteiger partial charge < -0.3 is 16.0 Å². The lowest BCUT2D eigenvalue weighted by Gasteiger charge is -2.12. The van der Waals surface area contributed by atoms with Crippen molar-refractivity contribution in [2.45, 2.75) is 26.3 Å². The highest BCUT2D eigenvalue weighted by Crippen LogP contribution is 2.13. The van der Waals surface area contributed by atoms with Crippen LogP contribution in [0, 0.1) is 0 Å². The van der Waals surface area contributed by atoms with Gasteiger partial charge >= 0.3 is 0 Å².